The SMILES string of the molecule is C[C@@H](NC(=O)CN(c1ccc(Cl)c(C(F)(F)F)c1)S(=O)(=O)c1ccccc1)c1ccc2c(c1)OCCO2. The molecule has 1 amide bonds. The lowest BCUT2D eigenvalue weighted by molar-refractivity contribution is -0.137. The van der Waals surface area contributed by atoms with Crippen LogP contribution in [0.1, 0.15) is 24.1 Å². The molecule has 0 spiro atoms. The van der Waals surface area contributed by atoms with Gasteiger partial charge in [0.25, 0.3) is 10.0 Å². The van der Waals surface area contributed by atoms with Crippen LogP contribution in [0.2, 0.25) is 5.02 Å². The first kappa shape index (κ1) is 26.6. The van der Waals surface area contributed by atoms with Crippen molar-refractivity contribution in [1.29, 1.82) is 0 Å². The van der Waals surface area contributed by atoms with E-state index in [0.717, 1.165) is 12.1 Å². The molecule has 1 N–H and O–H groups in total. The topological polar surface area (TPSA) is 84.9 Å². The molecule has 12 heteroatoms. The molecular weight excluding hydrogens is 533 g/mol. The van der Waals surface area contributed by atoms with Gasteiger partial charge in [-0.05, 0) is 55.0 Å². The van der Waals surface area contributed by atoms with Gasteiger partial charge >= 0.3 is 6.18 Å². The van der Waals surface area contributed by atoms with Crippen molar-refractivity contribution in [3.05, 3.63) is 82.9 Å². The van der Waals surface area contributed by atoms with Crippen LogP contribution in [0.25, 0.3) is 0 Å². The Morgan fingerprint density at radius 3 is 2.38 bits per heavy atom. The van der Waals surface area contributed by atoms with Crippen LogP contribution in [-0.4, -0.2) is 34.1 Å². The van der Waals surface area contributed by atoms with Gasteiger partial charge in [0.1, 0.15) is 19.8 Å². The van der Waals surface area contributed by atoms with Crippen molar-refractivity contribution in [3.63, 3.8) is 0 Å². The van der Waals surface area contributed by atoms with E-state index in [1.54, 1.807) is 31.2 Å². The van der Waals surface area contributed by atoms with Gasteiger partial charge in [-0.15, -0.1) is 0 Å². The first-order chi connectivity index (χ1) is 17.5. The van der Waals surface area contributed by atoms with Crippen molar-refractivity contribution >= 4 is 33.2 Å². The molecule has 0 fully saturated rings. The number of rotatable bonds is 7. The zero-order valence-electron chi connectivity index (χ0n) is 19.5. The quantitative estimate of drug-likeness (QED) is 0.434. The number of alkyl halides is 3. The van der Waals surface area contributed by atoms with Gasteiger partial charge in [0.2, 0.25) is 5.91 Å². The predicted molar refractivity (Wildman–Crippen MR) is 131 cm³/mol. The van der Waals surface area contributed by atoms with Crippen LogP contribution < -0.4 is 19.1 Å². The van der Waals surface area contributed by atoms with E-state index < -0.39 is 45.3 Å². The number of nitrogens with zero attached hydrogens (tertiary/aromatic N) is 1. The summed E-state index contributed by atoms with van der Waals surface area (Å²) in [5.74, 6) is 0.348. The van der Waals surface area contributed by atoms with E-state index in [1.165, 1.54) is 24.3 Å². The van der Waals surface area contributed by atoms with Crippen LogP contribution in [0.4, 0.5) is 18.9 Å². The second kappa shape index (κ2) is 10.5. The lowest BCUT2D eigenvalue weighted by Crippen LogP contribution is -2.41. The number of hydrogen-bond donors (Lipinski definition) is 1. The Morgan fingerprint density at radius 1 is 1.03 bits per heavy atom. The lowest BCUT2D eigenvalue weighted by atomic mass is 10.1. The minimum Gasteiger partial charge on any atom is -0.486 e. The van der Waals surface area contributed by atoms with Gasteiger partial charge in [-0.1, -0.05) is 35.9 Å². The molecule has 7 nitrogen and oxygen atoms in total. The summed E-state index contributed by atoms with van der Waals surface area (Å²) in [7, 11) is -4.41. The molecule has 196 valence electrons. The van der Waals surface area contributed by atoms with Crippen LogP contribution in [0.15, 0.2) is 71.6 Å². The average Bonchev–Trinajstić information content (AvgIpc) is 2.87. The van der Waals surface area contributed by atoms with Crippen LogP contribution in [0.3, 0.4) is 0 Å². The molecule has 3 aromatic carbocycles. The van der Waals surface area contributed by atoms with Crippen molar-refractivity contribution < 1.29 is 35.9 Å². The molecule has 3 aromatic rings. The third-order valence-corrected chi connectivity index (χ3v) is 7.72. The number of hydrogen-bond acceptors (Lipinski definition) is 5. The summed E-state index contributed by atoms with van der Waals surface area (Å²) in [4.78, 5) is 12.8. The van der Waals surface area contributed by atoms with Crippen molar-refractivity contribution in [2.45, 2.75) is 24.0 Å². The van der Waals surface area contributed by atoms with Crippen LogP contribution in [0, 0.1) is 0 Å². The fourth-order valence-electron chi connectivity index (χ4n) is 3.75. The van der Waals surface area contributed by atoms with Gasteiger partial charge in [-0.25, -0.2) is 8.42 Å². The van der Waals surface area contributed by atoms with E-state index in [2.05, 4.69) is 5.32 Å². The highest BCUT2D eigenvalue weighted by Gasteiger charge is 2.35. The summed E-state index contributed by atoms with van der Waals surface area (Å²) < 4.78 is 79.0. The minimum atomic E-state index is -4.83. The Bertz CT molecular complexity index is 1400. The Labute approximate surface area is 216 Å². The molecule has 0 aromatic heterocycles. The number of fused-ring (bicyclic) bond motifs is 1. The maximum atomic E-state index is 13.5. The smallest absolute Gasteiger partial charge is 0.417 e. The maximum Gasteiger partial charge on any atom is 0.417 e. The fraction of sp³-hybridized carbons (Fsp3) is 0.240. The van der Waals surface area contributed by atoms with Gasteiger partial charge in [-0.3, -0.25) is 9.10 Å². The molecule has 1 aliphatic rings. The van der Waals surface area contributed by atoms with Gasteiger partial charge in [0, 0.05) is 0 Å². The van der Waals surface area contributed by atoms with Gasteiger partial charge in [0.05, 0.1) is 27.2 Å². The highest BCUT2D eigenvalue weighted by molar-refractivity contribution is 7.92. The molecular formula is C25H22ClF3N2O5S. The number of ether oxygens (including phenoxy) is 2. The number of amides is 1. The van der Waals surface area contributed by atoms with Crippen molar-refractivity contribution in [2.75, 3.05) is 24.1 Å². The number of sulfonamides is 1. The standard InChI is InChI=1S/C25H22ClF3N2O5S/c1-16(17-7-10-22-23(13-17)36-12-11-35-22)30-24(32)15-31(37(33,34)19-5-3-2-4-6-19)18-8-9-21(26)20(14-18)25(27,28)29/h2-10,13-14,16H,11-12,15H2,1H3,(H,30,32)/t16-/m1/s1. The number of carbonyl (C=O) groups is 1. The van der Waals surface area contributed by atoms with Crippen molar-refractivity contribution in [3.8, 4) is 11.5 Å². The van der Waals surface area contributed by atoms with E-state index in [4.69, 9.17) is 21.1 Å². The van der Waals surface area contributed by atoms with E-state index in [1.807, 2.05) is 0 Å². The summed E-state index contributed by atoms with van der Waals surface area (Å²) in [5.41, 5.74) is -0.909. The third kappa shape index (κ3) is 5.94. The van der Waals surface area contributed by atoms with E-state index in [-0.39, 0.29) is 10.6 Å². The van der Waals surface area contributed by atoms with Gasteiger partial charge < -0.3 is 14.8 Å². The molecule has 0 saturated heterocycles. The van der Waals surface area contributed by atoms with Crippen molar-refractivity contribution in [2.24, 2.45) is 0 Å². The zero-order valence-corrected chi connectivity index (χ0v) is 21.0. The van der Waals surface area contributed by atoms with E-state index in [0.29, 0.717) is 40.6 Å². The molecule has 1 heterocycles. The van der Waals surface area contributed by atoms with Gasteiger partial charge in [-0.2, -0.15) is 13.2 Å². The number of halogens is 4. The Hall–Kier alpha value is -3.44. The molecule has 0 unspecified atom stereocenters. The third-order valence-electron chi connectivity index (χ3n) is 5.61. The monoisotopic (exact) mass is 554 g/mol. The number of anilines is 1. The number of benzene rings is 3. The largest absolute Gasteiger partial charge is 0.486 e. The van der Waals surface area contributed by atoms with E-state index >= 15 is 0 Å². The first-order valence-electron chi connectivity index (χ1n) is 11.1. The highest BCUT2D eigenvalue weighted by atomic mass is 35.5. The summed E-state index contributed by atoms with van der Waals surface area (Å²) in [5, 5.41) is 2.10. The van der Waals surface area contributed by atoms with Crippen LogP contribution in [-0.2, 0) is 21.0 Å². The summed E-state index contributed by atoms with van der Waals surface area (Å²) in [6.07, 6.45) is -4.83. The van der Waals surface area contributed by atoms with Crippen molar-refractivity contribution in [1.82, 2.24) is 5.32 Å². The molecule has 0 radical (unpaired) electrons. The molecule has 4 rings (SSSR count). The fourth-order valence-corrected chi connectivity index (χ4v) is 5.41. The van der Waals surface area contributed by atoms with Gasteiger partial charge in [0.15, 0.2) is 11.5 Å². The maximum absolute atomic E-state index is 13.5. The Kier molecular flexibility index (Phi) is 7.56. The summed E-state index contributed by atoms with van der Waals surface area (Å²) in [6, 6.07) is 14.4. The number of carbonyl (C=O) groups excluding carboxylic acids is 1. The zero-order chi connectivity index (χ0) is 26.8. The van der Waals surface area contributed by atoms with Crippen LogP contribution >= 0.6 is 11.6 Å². The lowest BCUT2D eigenvalue weighted by Gasteiger charge is -2.26. The molecule has 1 atom stereocenters. The Balaban J connectivity index is 1.64. The number of nitrogens with one attached hydrogen (secondary N) is 1. The molecule has 1 aliphatic heterocycles. The highest BCUT2D eigenvalue weighted by Crippen LogP contribution is 2.38. The second-order valence-corrected chi connectivity index (χ2v) is 10.4. The Morgan fingerprint density at radius 2 is 1.70 bits per heavy atom. The van der Waals surface area contributed by atoms with Crippen LogP contribution in [0.5, 0.6) is 11.5 Å². The molecule has 37 heavy (non-hydrogen) atoms. The minimum absolute atomic E-state index is 0.189. The summed E-state index contributed by atoms with van der Waals surface area (Å²) in [6.45, 7) is 1.71. The molecule has 0 bridgehead atoms. The average molecular weight is 555 g/mol. The molecule has 0 aliphatic carbocycles. The normalized spacial score (nSPS) is 14.1. The first-order valence-corrected chi connectivity index (χ1v) is 12.9. The molecule has 0 saturated carbocycles. The second-order valence-electron chi connectivity index (χ2n) is 8.18. The van der Waals surface area contributed by atoms with E-state index in [9.17, 15) is 26.4 Å². The predicted octanol–water partition coefficient (Wildman–Crippen LogP) is 5.20. The summed E-state index contributed by atoms with van der Waals surface area (Å²) >= 11 is 5.72.